The first-order valence-corrected chi connectivity index (χ1v) is 10.5. The zero-order valence-electron chi connectivity index (χ0n) is 15.6. The predicted octanol–water partition coefficient (Wildman–Crippen LogP) is 0.916. The topological polar surface area (TPSA) is 142 Å². The van der Waals surface area contributed by atoms with Crippen LogP contribution < -0.4 is 26.4 Å². The lowest BCUT2D eigenvalue weighted by Gasteiger charge is -2.22. The second-order valence-electron chi connectivity index (χ2n) is 6.42. The molecule has 0 spiro atoms. The van der Waals surface area contributed by atoms with E-state index in [2.05, 4.69) is 20.7 Å². The average molecular weight is 434 g/mol. The minimum absolute atomic E-state index is 0. The first-order chi connectivity index (χ1) is 12.9. The Morgan fingerprint density at radius 2 is 1.86 bits per heavy atom. The van der Waals surface area contributed by atoms with Crippen LogP contribution in [0.5, 0.6) is 0 Å². The molecule has 2 rings (SSSR count). The van der Waals surface area contributed by atoms with Gasteiger partial charge in [-0.15, -0.1) is 12.4 Å². The molecule has 0 saturated heterocycles. The van der Waals surface area contributed by atoms with Gasteiger partial charge in [0.2, 0.25) is 15.9 Å². The highest BCUT2D eigenvalue weighted by Gasteiger charge is 2.16. The van der Waals surface area contributed by atoms with Crippen molar-refractivity contribution in [2.24, 2.45) is 5.73 Å². The van der Waals surface area contributed by atoms with Crippen molar-refractivity contribution in [2.45, 2.75) is 43.0 Å². The molecule has 158 valence electrons. The minimum Gasteiger partial charge on any atom is -0.335 e. The monoisotopic (exact) mass is 433 g/mol. The second kappa shape index (κ2) is 11.8. The summed E-state index contributed by atoms with van der Waals surface area (Å²) < 4.78 is 26.5. The molecule has 0 radical (unpaired) electrons. The molecule has 1 aromatic rings. The van der Waals surface area contributed by atoms with Crippen LogP contribution in [0.1, 0.15) is 32.1 Å². The lowest BCUT2D eigenvalue weighted by molar-refractivity contribution is -0.115. The van der Waals surface area contributed by atoms with Crippen molar-refractivity contribution in [3.05, 3.63) is 24.3 Å². The third-order valence-corrected chi connectivity index (χ3v) is 5.67. The molecule has 1 saturated carbocycles. The van der Waals surface area contributed by atoms with Gasteiger partial charge in [0.1, 0.15) is 0 Å². The van der Waals surface area contributed by atoms with Gasteiger partial charge in [0.25, 0.3) is 0 Å². The maximum atomic E-state index is 12.1. The lowest BCUT2D eigenvalue weighted by atomic mass is 9.96. The first kappa shape index (κ1) is 24.2. The van der Waals surface area contributed by atoms with E-state index >= 15 is 0 Å². The first-order valence-electron chi connectivity index (χ1n) is 9.05. The van der Waals surface area contributed by atoms with E-state index in [0.29, 0.717) is 5.69 Å². The maximum Gasteiger partial charge on any atom is 0.315 e. The minimum atomic E-state index is -3.68. The molecular formula is C17H28ClN5O4S. The van der Waals surface area contributed by atoms with Gasteiger partial charge in [-0.3, -0.25) is 4.79 Å². The lowest BCUT2D eigenvalue weighted by Crippen LogP contribution is -2.45. The number of hydrogen-bond donors (Lipinski definition) is 5. The van der Waals surface area contributed by atoms with Gasteiger partial charge in [-0.25, -0.2) is 17.9 Å². The van der Waals surface area contributed by atoms with Crippen molar-refractivity contribution in [1.29, 1.82) is 0 Å². The Hall–Kier alpha value is -1.88. The number of anilines is 1. The molecule has 0 aliphatic heterocycles. The van der Waals surface area contributed by atoms with E-state index in [0.717, 1.165) is 25.7 Å². The van der Waals surface area contributed by atoms with Crippen molar-refractivity contribution in [3.8, 4) is 0 Å². The number of nitrogens with two attached hydrogens (primary N) is 1. The van der Waals surface area contributed by atoms with Crippen molar-refractivity contribution >= 4 is 40.1 Å². The smallest absolute Gasteiger partial charge is 0.315 e. The average Bonchev–Trinajstić information content (AvgIpc) is 2.66. The van der Waals surface area contributed by atoms with Gasteiger partial charge in [-0.1, -0.05) is 25.3 Å². The van der Waals surface area contributed by atoms with Gasteiger partial charge in [-0.2, -0.15) is 0 Å². The Kier molecular flexibility index (Phi) is 10.2. The molecule has 0 unspecified atom stereocenters. The number of benzene rings is 1. The van der Waals surface area contributed by atoms with Gasteiger partial charge in [0, 0.05) is 24.8 Å². The molecule has 0 bridgehead atoms. The summed E-state index contributed by atoms with van der Waals surface area (Å²) in [6.07, 6.45) is 5.31. The highest BCUT2D eigenvalue weighted by Crippen LogP contribution is 2.17. The Bertz CT molecular complexity index is 754. The zero-order chi connectivity index (χ0) is 19.7. The fourth-order valence-electron chi connectivity index (χ4n) is 2.87. The predicted molar refractivity (Wildman–Crippen MR) is 110 cm³/mol. The van der Waals surface area contributed by atoms with Crippen LogP contribution in [0.25, 0.3) is 0 Å². The number of carbonyl (C=O) groups excluding carboxylic acids is 2. The Morgan fingerprint density at radius 1 is 1.14 bits per heavy atom. The molecule has 1 aliphatic rings. The van der Waals surface area contributed by atoms with Crippen LogP contribution in [0, 0.1) is 0 Å². The van der Waals surface area contributed by atoms with Crippen molar-refractivity contribution in [3.63, 3.8) is 0 Å². The number of carbonyl (C=O) groups is 2. The van der Waals surface area contributed by atoms with Crippen molar-refractivity contribution < 1.29 is 18.0 Å². The highest BCUT2D eigenvalue weighted by atomic mass is 35.5. The van der Waals surface area contributed by atoms with Crippen molar-refractivity contribution in [1.82, 2.24) is 15.4 Å². The Morgan fingerprint density at radius 3 is 2.54 bits per heavy atom. The third kappa shape index (κ3) is 8.01. The van der Waals surface area contributed by atoms with Crippen molar-refractivity contribution in [2.75, 3.05) is 25.0 Å². The van der Waals surface area contributed by atoms with E-state index in [9.17, 15) is 18.0 Å². The molecule has 0 atom stereocenters. The summed E-state index contributed by atoms with van der Waals surface area (Å²) in [7, 11) is -3.68. The number of amides is 3. The molecule has 1 aliphatic carbocycles. The summed E-state index contributed by atoms with van der Waals surface area (Å²) in [5, 5.41) is 7.95. The Balaban J connectivity index is 0.00000392. The van der Waals surface area contributed by atoms with E-state index in [4.69, 9.17) is 5.73 Å². The Labute approximate surface area is 171 Å². The van der Waals surface area contributed by atoms with Crippen LogP contribution in [0.4, 0.5) is 10.5 Å². The highest BCUT2D eigenvalue weighted by molar-refractivity contribution is 7.89. The number of sulfonamides is 1. The molecule has 0 aromatic heterocycles. The largest absolute Gasteiger partial charge is 0.335 e. The summed E-state index contributed by atoms with van der Waals surface area (Å²) in [6.45, 7) is 0.101. The molecule has 6 N–H and O–H groups in total. The number of urea groups is 1. The van der Waals surface area contributed by atoms with Gasteiger partial charge >= 0.3 is 6.03 Å². The number of nitrogens with one attached hydrogen (secondary N) is 4. The molecule has 9 nitrogen and oxygen atoms in total. The van der Waals surface area contributed by atoms with Gasteiger partial charge in [0.05, 0.1) is 11.4 Å². The number of hydrogen-bond acceptors (Lipinski definition) is 5. The van der Waals surface area contributed by atoms with Crippen LogP contribution in [0.2, 0.25) is 0 Å². The van der Waals surface area contributed by atoms with Crippen LogP contribution in [-0.4, -0.2) is 46.0 Å². The van der Waals surface area contributed by atoms with Gasteiger partial charge in [-0.05, 0) is 31.0 Å². The number of rotatable bonds is 8. The third-order valence-electron chi connectivity index (χ3n) is 4.21. The van der Waals surface area contributed by atoms with E-state index < -0.39 is 15.9 Å². The summed E-state index contributed by atoms with van der Waals surface area (Å²) in [6, 6.07) is 5.64. The maximum absolute atomic E-state index is 12.1. The standard InChI is InChI=1S/C17H27N5O4S.ClH/c18-9-10-20-27(25,26)15-8-4-7-14(11-15)21-16(23)12-19-17(24)22-13-5-2-1-3-6-13;/h4,7-8,11,13,20H,1-3,5-6,9-10,12,18H2,(H,21,23)(H2,19,22,24);1H. The molecular weight excluding hydrogens is 406 g/mol. The molecule has 0 heterocycles. The summed E-state index contributed by atoms with van der Waals surface area (Å²) in [5.41, 5.74) is 5.63. The van der Waals surface area contributed by atoms with Crippen LogP contribution >= 0.6 is 12.4 Å². The van der Waals surface area contributed by atoms with E-state index in [1.807, 2.05) is 0 Å². The fraction of sp³-hybridized carbons (Fsp3) is 0.529. The SMILES string of the molecule is Cl.NCCNS(=O)(=O)c1cccc(NC(=O)CNC(=O)NC2CCCCC2)c1. The van der Waals surface area contributed by atoms with Gasteiger partial charge < -0.3 is 21.7 Å². The quantitative estimate of drug-likeness (QED) is 0.414. The zero-order valence-corrected chi connectivity index (χ0v) is 17.2. The molecule has 3 amide bonds. The van der Waals surface area contributed by atoms with Crippen LogP contribution in [0.3, 0.4) is 0 Å². The normalized spacial score (nSPS) is 14.6. The molecule has 1 fully saturated rings. The summed E-state index contributed by atoms with van der Waals surface area (Å²) in [5.74, 6) is -0.446. The molecule has 1 aromatic carbocycles. The number of halogens is 1. The van der Waals surface area contributed by atoms with E-state index in [-0.39, 0.29) is 49.0 Å². The fourth-order valence-corrected chi connectivity index (χ4v) is 3.96. The van der Waals surface area contributed by atoms with E-state index in [1.54, 1.807) is 6.07 Å². The van der Waals surface area contributed by atoms with Crippen LogP contribution in [-0.2, 0) is 14.8 Å². The summed E-state index contributed by atoms with van der Waals surface area (Å²) >= 11 is 0. The van der Waals surface area contributed by atoms with Gasteiger partial charge in [0.15, 0.2) is 0 Å². The molecule has 28 heavy (non-hydrogen) atoms. The van der Waals surface area contributed by atoms with E-state index in [1.165, 1.54) is 24.6 Å². The molecule has 11 heteroatoms. The van der Waals surface area contributed by atoms with Crippen LogP contribution in [0.15, 0.2) is 29.2 Å². The second-order valence-corrected chi connectivity index (χ2v) is 8.19. The summed E-state index contributed by atoms with van der Waals surface area (Å²) in [4.78, 5) is 23.9.